The van der Waals surface area contributed by atoms with Gasteiger partial charge in [0.1, 0.15) is 12.4 Å². The van der Waals surface area contributed by atoms with Crippen molar-refractivity contribution in [2.24, 2.45) is 4.99 Å². The predicted molar refractivity (Wildman–Crippen MR) is 134 cm³/mol. The van der Waals surface area contributed by atoms with Crippen LogP contribution in [0.1, 0.15) is 22.3 Å². The molecule has 0 aromatic heterocycles. The molecule has 0 N–H and O–H groups in total. The molecule has 4 aromatic rings. The monoisotopic (exact) mass is 445 g/mol. The fraction of sp³-hybridized carbons (Fsp3) is 0.0667. The SMILES string of the molecule is Cc1ccc(COc2ccc(/C=C3\N=C(c4ccc(-c5ccccc5)cc4)OC3=O)cc2)cc1. The van der Waals surface area contributed by atoms with Crippen molar-refractivity contribution in [3.63, 3.8) is 0 Å². The van der Waals surface area contributed by atoms with Crippen molar-refractivity contribution in [2.75, 3.05) is 0 Å². The third-order valence-corrected chi connectivity index (χ3v) is 5.57. The molecule has 0 aliphatic carbocycles. The third kappa shape index (κ3) is 4.97. The van der Waals surface area contributed by atoms with Crippen molar-refractivity contribution in [3.8, 4) is 16.9 Å². The van der Waals surface area contributed by atoms with Gasteiger partial charge in [-0.1, -0.05) is 84.4 Å². The molecule has 4 aromatic carbocycles. The summed E-state index contributed by atoms with van der Waals surface area (Å²) in [5, 5.41) is 0. The quantitative estimate of drug-likeness (QED) is 0.249. The number of hydrogen-bond acceptors (Lipinski definition) is 4. The Morgan fingerprint density at radius 3 is 2.12 bits per heavy atom. The Labute approximate surface area is 198 Å². The maximum Gasteiger partial charge on any atom is 0.363 e. The van der Waals surface area contributed by atoms with E-state index in [2.05, 4.69) is 48.3 Å². The molecule has 0 bridgehead atoms. The maximum atomic E-state index is 12.4. The molecule has 34 heavy (non-hydrogen) atoms. The van der Waals surface area contributed by atoms with Crippen LogP contribution in [-0.2, 0) is 16.1 Å². The van der Waals surface area contributed by atoms with Crippen LogP contribution in [0.2, 0.25) is 0 Å². The Hall–Kier alpha value is -4.44. The number of ether oxygens (including phenoxy) is 2. The largest absolute Gasteiger partial charge is 0.489 e. The Morgan fingerprint density at radius 2 is 1.41 bits per heavy atom. The zero-order valence-corrected chi connectivity index (χ0v) is 18.8. The molecule has 1 heterocycles. The standard InChI is InChI=1S/C30H23NO3/c1-21-7-9-23(10-8-21)20-33-27-17-11-22(12-18-27)19-28-30(32)34-29(31-28)26-15-13-25(14-16-26)24-5-3-2-4-6-24/h2-19H,20H2,1H3/b28-19-. The first-order chi connectivity index (χ1) is 16.6. The van der Waals surface area contributed by atoms with Gasteiger partial charge in [-0.2, -0.15) is 0 Å². The molecule has 166 valence electrons. The van der Waals surface area contributed by atoms with Gasteiger partial charge in [0, 0.05) is 5.56 Å². The summed E-state index contributed by atoms with van der Waals surface area (Å²) in [5.41, 5.74) is 6.44. The van der Waals surface area contributed by atoms with Crippen molar-refractivity contribution < 1.29 is 14.3 Å². The van der Waals surface area contributed by atoms with Crippen LogP contribution in [0, 0.1) is 6.92 Å². The number of carbonyl (C=O) groups is 1. The highest BCUT2D eigenvalue weighted by Crippen LogP contribution is 2.24. The van der Waals surface area contributed by atoms with E-state index in [1.165, 1.54) is 5.56 Å². The van der Waals surface area contributed by atoms with E-state index in [1.807, 2.05) is 66.7 Å². The van der Waals surface area contributed by atoms with Crippen molar-refractivity contribution in [1.29, 1.82) is 0 Å². The van der Waals surface area contributed by atoms with Crippen LogP contribution < -0.4 is 4.74 Å². The molecule has 0 amide bonds. The first-order valence-electron chi connectivity index (χ1n) is 11.1. The zero-order valence-electron chi connectivity index (χ0n) is 18.8. The smallest absolute Gasteiger partial charge is 0.363 e. The lowest BCUT2D eigenvalue weighted by atomic mass is 10.0. The lowest BCUT2D eigenvalue weighted by Crippen LogP contribution is -2.05. The van der Waals surface area contributed by atoms with Gasteiger partial charge in [-0.15, -0.1) is 0 Å². The maximum absolute atomic E-state index is 12.4. The fourth-order valence-electron chi connectivity index (χ4n) is 3.64. The van der Waals surface area contributed by atoms with E-state index in [0.29, 0.717) is 12.5 Å². The average Bonchev–Trinajstić information content (AvgIpc) is 3.25. The number of aryl methyl sites for hydroxylation is 1. The molecule has 0 saturated heterocycles. The topological polar surface area (TPSA) is 47.9 Å². The predicted octanol–water partition coefficient (Wildman–Crippen LogP) is 6.59. The van der Waals surface area contributed by atoms with Gasteiger partial charge < -0.3 is 9.47 Å². The van der Waals surface area contributed by atoms with E-state index >= 15 is 0 Å². The minimum atomic E-state index is -0.457. The summed E-state index contributed by atoms with van der Waals surface area (Å²) in [6, 6.07) is 33.8. The average molecular weight is 446 g/mol. The van der Waals surface area contributed by atoms with Gasteiger partial charge in [0.15, 0.2) is 5.70 Å². The van der Waals surface area contributed by atoms with Gasteiger partial charge in [-0.05, 0) is 59.5 Å². The Morgan fingerprint density at radius 1 is 0.765 bits per heavy atom. The molecular weight excluding hydrogens is 422 g/mol. The van der Waals surface area contributed by atoms with Crippen LogP contribution in [-0.4, -0.2) is 11.9 Å². The second-order valence-corrected chi connectivity index (χ2v) is 8.12. The second-order valence-electron chi connectivity index (χ2n) is 8.12. The molecule has 0 fully saturated rings. The Kier molecular flexibility index (Phi) is 6.04. The molecule has 0 atom stereocenters. The minimum absolute atomic E-state index is 0.274. The van der Waals surface area contributed by atoms with E-state index < -0.39 is 5.97 Å². The normalized spacial score (nSPS) is 14.1. The van der Waals surface area contributed by atoms with Crippen LogP contribution >= 0.6 is 0 Å². The number of cyclic esters (lactones) is 1. The van der Waals surface area contributed by atoms with Gasteiger partial charge in [0.2, 0.25) is 5.90 Å². The van der Waals surface area contributed by atoms with Crippen LogP contribution in [0.3, 0.4) is 0 Å². The van der Waals surface area contributed by atoms with Crippen LogP contribution in [0.5, 0.6) is 5.75 Å². The highest BCUT2D eigenvalue weighted by atomic mass is 16.6. The first-order valence-corrected chi connectivity index (χ1v) is 11.1. The van der Waals surface area contributed by atoms with E-state index in [0.717, 1.165) is 33.6 Å². The number of aliphatic imine (C=N–C) groups is 1. The Balaban J connectivity index is 1.26. The van der Waals surface area contributed by atoms with Crippen LogP contribution in [0.4, 0.5) is 0 Å². The van der Waals surface area contributed by atoms with Crippen molar-refractivity contribution in [3.05, 3.63) is 131 Å². The van der Waals surface area contributed by atoms with Crippen molar-refractivity contribution >= 4 is 17.9 Å². The van der Waals surface area contributed by atoms with Crippen molar-refractivity contribution in [1.82, 2.24) is 0 Å². The van der Waals surface area contributed by atoms with Crippen LogP contribution in [0.25, 0.3) is 17.2 Å². The summed E-state index contributed by atoms with van der Waals surface area (Å²) in [7, 11) is 0. The van der Waals surface area contributed by atoms with Crippen LogP contribution in [0.15, 0.2) is 114 Å². The summed E-state index contributed by atoms with van der Waals surface area (Å²) < 4.78 is 11.3. The number of esters is 1. The van der Waals surface area contributed by atoms with Gasteiger partial charge in [0.05, 0.1) is 0 Å². The summed E-state index contributed by atoms with van der Waals surface area (Å²) in [5.74, 6) is 0.621. The lowest BCUT2D eigenvalue weighted by molar-refractivity contribution is -0.129. The van der Waals surface area contributed by atoms with E-state index in [4.69, 9.17) is 9.47 Å². The van der Waals surface area contributed by atoms with E-state index in [-0.39, 0.29) is 5.70 Å². The molecule has 0 unspecified atom stereocenters. The second kappa shape index (κ2) is 9.59. The summed E-state index contributed by atoms with van der Waals surface area (Å²) >= 11 is 0. The number of carbonyl (C=O) groups excluding carboxylic acids is 1. The molecular formula is C30H23NO3. The third-order valence-electron chi connectivity index (χ3n) is 5.57. The molecule has 1 aliphatic rings. The van der Waals surface area contributed by atoms with Crippen molar-refractivity contribution in [2.45, 2.75) is 13.5 Å². The zero-order chi connectivity index (χ0) is 23.3. The van der Waals surface area contributed by atoms with Gasteiger partial charge >= 0.3 is 5.97 Å². The molecule has 0 saturated carbocycles. The number of nitrogens with zero attached hydrogens (tertiary/aromatic N) is 1. The van der Waals surface area contributed by atoms with Gasteiger partial charge in [-0.25, -0.2) is 9.79 Å². The lowest BCUT2D eigenvalue weighted by Gasteiger charge is -2.07. The molecule has 4 heteroatoms. The summed E-state index contributed by atoms with van der Waals surface area (Å²) in [6.45, 7) is 2.57. The summed E-state index contributed by atoms with van der Waals surface area (Å²) in [6.07, 6.45) is 1.72. The Bertz CT molecular complexity index is 1350. The molecule has 0 radical (unpaired) electrons. The minimum Gasteiger partial charge on any atom is -0.489 e. The fourth-order valence-corrected chi connectivity index (χ4v) is 3.64. The van der Waals surface area contributed by atoms with Gasteiger partial charge in [0.25, 0.3) is 0 Å². The highest BCUT2D eigenvalue weighted by molar-refractivity contribution is 6.13. The number of hydrogen-bond donors (Lipinski definition) is 0. The number of rotatable bonds is 6. The van der Waals surface area contributed by atoms with E-state index in [9.17, 15) is 4.79 Å². The number of benzene rings is 4. The summed E-state index contributed by atoms with van der Waals surface area (Å²) in [4.78, 5) is 16.8. The highest BCUT2D eigenvalue weighted by Gasteiger charge is 2.24. The van der Waals surface area contributed by atoms with Gasteiger partial charge in [-0.3, -0.25) is 0 Å². The molecule has 0 spiro atoms. The molecule has 4 nitrogen and oxygen atoms in total. The van der Waals surface area contributed by atoms with E-state index in [1.54, 1.807) is 6.08 Å². The molecule has 1 aliphatic heterocycles. The molecule has 5 rings (SSSR count). The first kappa shape index (κ1) is 21.4.